The molecule has 1 aliphatic rings. The number of sulfone groups is 1. The summed E-state index contributed by atoms with van der Waals surface area (Å²) in [5, 5.41) is 6.84. The van der Waals surface area contributed by atoms with Crippen LogP contribution in [-0.4, -0.2) is 58.9 Å². The molecule has 0 saturated carbocycles. The Bertz CT molecular complexity index is 1240. The molecule has 2 aromatic heterocycles. The van der Waals surface area contributed by atoms with Crippen LogP contribution < -0.4 is 10.1 Å². The fourth-order valence-electron chi connectivity index (χ4n) is 3.55. The van der Waals surface area contributed by atoms with E-state index in [1.54, 1.807) is 6.07 Å². The Hall–Kier alpha value is -3.12. The molecule has 1 aliphatic heterocycles. The quantitative estimate of drug-likeness (QED) is 0.503. The third-order valence-corrected chi connectivity index (χ3v) is 6.56. The van der Waals surface area contributed by atoms with Crippen molar-refractivity contribution in [2.75, 3.05) is 24.7 Å². The minimum absolute atomic E-state index is 0.0151. The van der Waals surface area contributed by atoms with Crippen LogP contribution in [0.2, 0.25) is 0 Å². The van der Waals surface area contributed by atoms with E-state index >= 15 is 0 Å². The van der Waals surface area contributed by atoms with Crippen LogP contribution in [-0.2, 0) is 16.4 Å². The van der Waals surface area contributed by atoms with Gasteiger partial charge in [0, 0.05) is 31.3 Å². The molecule has 34 heavy (non-hydrogen) atoms. The topological polar surface area (TPSA) is 123 Å². The lowest BCUT2D eigenvalue weighted by molar-refractivity contribution is 0.0871. The van der Waals surface area contributed by atoms with Gasteiger partial charge in [0.2, 0.25) is 11.8 Å². The lowest BCUT2D eigenvalue weighted by Crippen LogP contribution is -2.38. The van der Waals surface area contributed by atoms with E-state index in [4.69, 9.17) is 9.26 Å². The third-order valence-electron chi connectivity index (χ3n) is 5.45. The number of ether oxygens (including phenoxy) is 1. The summed E-state index contributed by atoms with van der Waals surface area (Å²) in [6.45, 7) is 6.29. The predicted molar refractivity (Wildman–Crippen MR) is 122 cm³/mol. The maximum absolute atomic E-state index is 14.4. The summed E-state index contributed by atoms with van der Waals surface area (Å²) in [6.07, 6.45) is 3.95. The average Bonchev–Trinajstić information content (AvgIpc) is 3.25. The number of piperidine rings is 1. The molecule has 0 spiro atoms. The van der Waals surface area contributed by atoms with E-state index in [9.17, 15) is 12.8 Å². The van der Waals surface area contributed by atoms with Crippen LogP contribution in [0.1, 0.15) is 44.3 Å². The maximum Gasteiger partial charge on any atom is 0.240 e. The maximum atomic E-state index is 14.4. The minimum atomic E-state index is -3.49. The number of rotatable bonds is 8. The van der Waals surface area contributed by atoms with E-state index in [-0.39, 0.29) is 22.6 Å². The summed E-state index contributed by atoms with van der Waals surface area (Å²) in [5.74, 6) is 1.58. The van der Waals surface area contributed by atoms with Crippen LogP contribution in [0.3, 0.4) is 0 Å². The molecule has 0 aliphatic carbocycles. The zero-order valence-electron chi connectivity index (χ0n) is 19.2. The monoisotopic (exact) mass is 490 g/mol. The number of nitrogens with one attached hydrogen (secondary N) is 1. The number of likely N-dealkylation sites (tertiary alicyclic amines) is 1. The first-order valence-electron chi connectivity index (χ1n) is 11.0. The van der Waals surface area contributed by atoms with Gasteiger partial charge in [-0.05, 0) is 31.0 Å². The summed E-state index contributed by atoms with van der Waals surface area (Å²) in [4.78, 5) is 14.8. The molecule has 10 nitrogen and oxygen atoms in total. The number of hydrogen-bond donors (Lipinski definition) is 1. The molecule has 0 amide bonds. The van der Waals surface area contributed by atoms with Crippen molar-refractivity contribution in [1.82, 2.24) is 25.0 Å². The second kappa shape index (κ2) is 10.0. The highest BCUT2D eigenvalue weighted by atomic mass is 32.2. The van der Waals surface area contributed by atoms with Crippen molar-refractivity contribution >= 4 is 21.3 Å². The van der Waals surface area contributed by atoms with Crippen LogP contribution in [0.15, 0.2) is 40.0 Å². The molecule has 0 radical (unpaired) electrons. The minimum Gasteiger partial charge on any atom is -0.474 e. The van der Waals surface area contributed by atoms with Gasteiger partial charge >= 0.3 is 0 Å². The summed E-state index contributed by atoms with van der Waals surface area (Å²) in [7, 11) is -3.49. The lowest BCUT2D eigenvalue weighted by atomic mass is 10.1. The highest BCUT2D eigenvalue weighted by Gasteiger charge is 2.23. The molecule has 1 aromatic carbocycles. The van der Waals surface area contributed by atoms with Gasteiger partial charge < -0.3 is 14.6 Å². The summed E-state index contributed by atoms with van der Waals surface area (Å²) in [5.41, 5.74) is 0.104. The van der Waals surface area contributed by atoms with Gasteiger partial charge in [0.25, 0.3) is 0 Å². The van der Waals surface area contributed by atoms with E-state index in [1.807, 2.05) is 13.8 Å². The molecule has 182 valence electrons. The Morgan fingerprint density at radius 1 is 1.24 bits per heavy atom. The molecule has 1 fully saturated rings. The highest BCUT2D eigenvalue weighted by Crippen LogP contribution is 2.24. The van der Waals surface area contributed by atoms with Crippen molar-refractivity contribution in [1.29, 1.82) is 0 Å². The lowest BCUT2D eigenvalue weighted by Gasteiger charge is -2.30. The number of benzene rings is 1. The summed E-state index contributed by atoms with van der Waals surface area (Å²) in [6, 6.07) is 5.26. The van der Waals surface area contributed by atoms with Gasteiger partial charge in [-0.2, -0.15) is 4.98 Å². The van der Waals surface area contributed by atoms with Crippen molar-refractivity contribution in [3.63, 3.8) is 0 Å². The molecule has 4 rings (SSSR count). The van der Waals surface area contributed by atoms with Crippen LogP contribution in [0.4, 0.5) is 15.9 Å². The Kier molecular flexibility index (Phi) is 7.08. The molecule has 1 N–H and O–H groups in total. The number of nitrogens with zero attached hydrogens (tertiary/aromatic N) is 5. The largest absolute Gasteiger partial charge is 0.474 e. The smallest absolute Gasteiger partial charge is 0.240 e. The zero-order chi connectivity index (χ0) is 24.3. The predicted octanol–water partition coefficient (Wildman–Crippen LogP) is 3.31. The SMILES string of the molecule is CC(C)c1noc(CN2CCC(Oc3cc(Nc4ccc(S(C)(=O)=O)cc4F)ncn3)CC2)n1. The third kappa shape index (κ3) is 6.06. The van der Waals surface area contributed by atoms with Crippen molar-refractivity contribution in [3.05, 3.63) is 48.1 Å². The number of anilines is 2. The van der Waals surface area contributed by atoms with Gasteiger partial charge in [0.15, 0.2) is 15.7 Å². The van der Waals surface area contributed by atoms with Gasteiger partial charge in [-0.3, -0.25) is 4.90 Å². The molecule has 3 heterocycles. The second-order valence-electron chi connectivity index (χ2n) is 8.57. The van der Waals surface area contributed by atoms with Gasteiger partial charge in [-0.15, -0.1) is 0 Å². The Morgan fingerprint density at radius 2 is 2.00 bits per heavy atom. The van der Waals surface area contributed by atoms with Crippen molar-refractivity contribution < 1.29 is 22.1 Å². The van der Waals surface area contributed by atoms with E-state index in [0.717, 1.165) is 38.3 Å². The first-order valence-corrected chi connectivity index (χ1v) is 12.9. The van der Waals surface area contributed by atoms with E-state index in [2.05, 4.69) is 30.3 Å². The molecule has 0 unspecified atom stereocenters. The zero-order valence-corrected chi connectivity index (χ0v) is 20.0. The second-order valence-corrected chi connectivity index (χ2v) is 10.6. The van der Waals surface area contributed by atoms with Gasteiger partial charge in [0.05, 0.1) is 17.1 Å². The van der Waals surface area contributed by atoms with Crippen molar-refractivity contribution in [3.8, 4) is 5.88 Å². The molecular weight excluding hydrogens is 463 g/mol. The average molecular weight is 491 g/mol. The van der Waals surface area contributed by atoms with Crippen molar-refractivity contribution in [2.24, 2.45) is 0 Å². The van der Waals surface area contributed by atoms with Crippen LogP contribution in [0.25, 0.3) is 0 Å². The summed E-state index contributed by atoms with van der Waals surface area (Å²) < 4.78 is 48.9. The molecule has 0 bridgehead atoms. The first-order chi connectivity index (χ1) is 16.2. The van der Waals surface area contributed by atoms with Gasteiger partial charge in [0.1, 0.15) is 24.1 Å². The van der Waals surface area contributed by atoms with Crippen LogP contribution in [0.5, 0.6) is 5.88 Å². The molecule has 3 aromatic rings. The Morgan fingerprint density at radius 3 is 2.65 bits per heavy atom. The van der Waals surface area contributed by atoms with Crippen LogP contribution in [0, 0.1) is 5.82 Å². The van der Waals surface area contributed by atoms with Crippen LogP contribution >= 0.6 is 0 Å². The Balaban J connectivity index is 1.32. The fraction of sp³-hybridized carbons (Fsp3) is 0.455. The highest BCUT2D eigenvalue weighted by molar-refractivity contribution is 7.90. The molecular formula is C22H27FN6O4S. The standard InChI is InChI=1S/C22H27FN6O4S/c1-14(2)22-27-21(33-28-22)12-29-8-6-15(7-9-29)32-20-11-19(24-13-25-20)26-18-5-4-16(10-17(18)23)34(3,30)31/h4-5,10-11,13-15H,6-9,12H2,1-3H3,(H,24,25,26). The number of hydrogen-bond acceptors (Lipinski definition) is 10. The molecule has 1 saturated heterocycles. The number of halogens is 1. The summed E-state index contributed by atoms with van der Waals surface area (Å²) >= 11 is 0. The first kappa shape index (κ1) is 24.0. The van der Waals surface area contributed by atoms with Gasteiger partial charge in [-0.25, -0.2) is 22.8 Å². The van der Waals surface area contributed by atoms with E-state index < -0.39 is 15.7 Å². The van der Waals surface area contributed by atoms with E-state index in [1.165, 1.54) is 18.5 Å². The van der Waals surface area contributed by atoms with E-state index in [0.29, 0.717) is 30.0 Å². The molecule has 12 heteroatoms. The molecule has 0 atom stereocenters. The normalized spacial score (nSPS) is 15.6. The van der Waals surface area contributed by atoms with Crippen molar-refractivity contribution in [2.45, 2.75) is 50.2 Å². The number of aromatic nitrogens is 4. The Labute approximate surface area is 197 Å². The van der Waals surface area contributed by atoms with Gasteiger partial charge in [-0.1, -0.05) is 19.0 Å². The fourth-order valence-corrected chi connectivity index (χ4v) is 4.18.